The van der Waals surface area contributed by atoms with Gasteiger partial charge in [-0.2, -0.15) is 0 Å². The summed E-state index contributed by atoms with van der Waals surface area (Å²) in [6.07, 6.45) is 1.07. The topological polar surface area (TPSA) is 86.8 Å². The lowest BCUT2D eigenvalue weighted by Gasteiger charge is -2.34. The Morgan fingerprint density at radius 2 is 1.51 bits per heavy atom. The Kier molecular flexibility index (Phi) is 10.5. The molecule has 2 amide bonds. The van der Waals surface area contributed by atoms with Gasteiger partial charge < -0.3 is 10.2 Å². The SMILES string of the molecule is CC[C@H](C(=O)N[C@@H](C)CC)N(Cc1ccccc1Cl)C(=O)CN(c1ccccc1C)S(=O)(=O)c1ccccc1. The van der Waals surface area contributed by atoms with E-state index in [0.29, 0.717) is 28.3 Å². The molecule has 2 atom stereocenters. The van der Waals surface area contributed by atoms with Gasteiger partial charge in [-0.1, -0.05) is 80.0 Å². The summed E-state index contributed by atoms with van der Waals surface area (Å²) in [6.45, 7) is 7.05. The summed E-state index contributed by atoms with van der Waals surface area (Å²) in [4.78, 5) is 28.9. The zero-order chi connectivity index (χ0) is 28.6. The molecular weight excluding hydrogens is 534 g/mol. The molecule has 7 nitrogen and oxygen atoms in total. The van der Waals surface area contributed by atoms with E-state index >= 15 is 0 Å². The predicted octanol–water partition coefficient (Wildman–Crippen LogP) is 5.57. The van der Waals surface area contributed by atoms with E-state index in [0.717, 1.165) is 10.7 Å². The molecule has 0 bridgehead atoms. The van der Waals surface area contributed by atoms with Crippen molar-refractivity contribution in [2.75, 3.05) is 10.8 Å². The van der Waals surface area contributed by atoms with Gasteiger partial charge in [0.15, 0.2) is 0 Å². The van der Waals surface area contributed by atoms with Gasteiger partial charge in [0.2, 0.25) is 11.8 Å². The van der Waals surface area contributed by atoms with Crippen LogP contribution >= 0.6 is 11.6 Å². The van der Waals surface area contributed by atoms with E-state index in [2.05, 4.69) is 5.32 Å². The number of nitrogens with zero attached hydrogens (tertiary/aromatic N) is 2. The van der Waals surface area contributed by atoms with Crippen molar-refractivity contribution in [1.82, 2.24) is 10.2 Å². The minimum absolute atomic E-state index is 0.0535. The Hall–Kier alpha value is -3.36. The summed E-state index contributed by atoms with van der Waals surface area (Å²) >= 11 is 6.44. The first-order valence-electron chi connectivity index (χ1n) is 13.1. The standard InChI is InChI=1S/C30H36ClN3O4S/c1-5-23(4)32-30(36)27(6-2)33(20-24-15-11-12-18-26(24)31)29(35)21-34(28-19-13-10-14-22(28)3)39(37,38)25-16-8-7-9-17-25/h7-19,23,27H,5-6,20-21H2,1-4H3,(H,32,36)/t23-,27+/m0/s1. The third kappa shape index (κ3) is 7.40. The number of hydrogen-bond acceptors (Lipinski definition) is 4. The lowest BCUT2D eigenvalue weighted by atomic mass is 10.1. The minimum atomic E-state index is -4.10. The van der Waals surface area contributed by atoms with Crippen LogP contribution in [0.25, 0.3) is 0 Å². The molecule has 1 N–H and O–H groups in total. The lowest BCUT2D eigenvalue weighted by molar-refractivity contribution is -0.140. The third-order valence-electron chi connectivity index (χ3n) is 6.68. The van der Waals surface area contributed by atoms with Crippen molar-refractivity contribution in [3.05, 3.63) is 95.0 Å². The van der Waals surface area contributed by atoms with E-state index in [1.165, 1.54) is 17.0 Å². The number of aryl methyl sites for hydroxylation is 1. The number of para-hydroxylation sites is 1. The zero-order valence-corrected chi connectivity index (χ0v) is 24.4. The molecule has 3 aromatic carbocycles. The summed E-state index contributed by atoms with van der Waals surface area (Å²) < 4.78 is 28.9. The fourth-order valence-corrected chi connectivity index (χ4v) is 5.94. The molecule has 0 fully saturated rings. The lowest BCUT2D eigenvalue weighted by Crippen LogP contribution is -2.53. The molecule has 0 heterocycles. The van der Waals surface area contributed by atoms with Gasteiger partial charge in [0, 0.05) is 17.6 Å². The Labute approximate surface area is 236 Å². The predicted molar refractivity (Wildman–Crippen MR) is 156 cm³/mol. The molecule has 0 saturated heterocycles. The molecule has 208 valence electrons. The third-order valence-corrected chi connectivity index (χ3v) is 8.82. The van der Waals surface area contributed by atoms with Gasteiger partial charge in [0.25, 0.3) is 10.0 Å². The van der Waals surface area contributed by atoms with Crippen molar-refractivity contribution in [3.8, 4) is 0 Å². The van der Waals surface area contributed by atoms with Crippen LogP contribution in [0, 0.1) is 6.92 Å². The maximum Gasteiger partial charge on any atom is 0.264 e. The van der Waals surface area contributed by atoms with E-state index in [9.17, 15) is 18.0 Å². The Balaban J connectivity index is 2.07. The summed E-state index contributed by atoms with van der Waals surface area (Å²) in [5, 5.41) is 3.43. The maximum absolute atomic E-state index is 14.1. The van der Waals surface area contributed by atoms with Gasteiger partial charge in [0.05, 0.1) is 10.6 Å². The normalized spacial score (nSPS) is 12.8. The molecule has 0 aliphatic rings. The number of halogens is 1. The average Bonchev–Trinajstić information content (AvgIpc) is 2.93. The molecule has 3 rings (SSSR count). The number of anilines is 1. The van der Waals surface area contributed by atoms with Crippen molar-refractivity contribution in [1.29, 1.82) is 0 Å². The number of carbonyl (C=O) groups excluding carboxylic acids is 2. The molecule has 39 heavy (non-hydrogen) atoms. The zero-order valence-electron chi connectivity index (χ0n) is 22.8. The minimum Gasteiger partial charge on any atom is -0.352 e. The quantitative estimate of drug-likeness (QED) is 0.309. The maximum atomic E-state index is 14.1. The summed E-state index contributed by atoms with van der Waals surface area (Å²) in [5.74, 6) is -0.801. The van der Waals surface area contributed by atoms with Crippen LogP contribution in [0.1, 0.15) is 44.7 Å². The Morgan fingerprint density at radius 3 is 2.13 bits per heavy atom. The van der Waals surface area contributed by atoms with Crippen LogP contribution in [-0.2, 0) is 26.2 Å². The van der Waals surface area contributed by atoms with Crippen LogP contribution in [0.5, 0.6) is 0 Å². The van der Waals surface area contributed by atoms with Crippen LogP contribution in [-0.4, -0.2) is 43.8 Å². The molecule has 0 aliphatic heterocycles. The smallest absolute Gasteiger partial charge is 0.264 e. The van der Waals surface area contributed by atoms with Crippen LogP contribution in [0.2, 0.25) is 5.02 Å². The van der Waals surface area contributed by atoms with Crippen molar-refractivity contribution < 1.29 is 18.0 Å². The van der Waals surface area contributed by atoms with Gasteiger partial charge in [-0.15, -0.1) is 0 Å². The first-order chi connectivity index (χ1) is 18.6. The van der Waals surface area contributed by atoms with Gasteiger partial charge in [-0.25, -0.2) is 8.42 Å². The van der Waals surface area contributed by atoms with Crippen LogP contribution < -0.4 is 9.62 Å². The largest absolute Gasteiger partial charge is 0.352 e. The molecule has 3 aromatic rings. The van der Waals surface area contributed by atoms with E-state index in [1.54, 1.807) is 61.5 Å². The van der Waals surface area contributed by atoms with Gasteiger partial charge >= 0.3 is 0 Å². The number of hydrogen-bond donors (Lipinski definition) is 1. The second-order valence-corrected chi connectivity index (χ2v) is 11.7. The molecular formula is C30H36ClN3O4S. The summed E-state index contributed by atoms with van der Waals surface area (Å²) in [7, 11) is -4.10. The molecule has 0 saturated carbocycles. The molecule has 0 unspecified atom stereocenters. The highest BCUT2D eigenvalue weighted by molar-refractivity contribution is 7.92. The average molecular weight is 570 g/mol. The van der Waals surface area contributed by atoms with E-state index < -0.39 is 28.5 Å². The number of rotatable bonds is 12. The van der Waals surface area contributed by atoms with E-state index in [4.69, 9.17) is 11.6 Å². The van der Waals surface area contributed by atoms with Gasteiger partial charge in [-0.3, -0.25) is 13.9 Å². The van der Waals surface area contributed by atoms with Crippen LogP contribution in [0.15, 0.2) is 83.8 Å². The van der Waals surface area contributed by atoms with Crippen LogP contribution in [0.3, 0.4) is 0 Å². The number of nitrogens with one attached hydrogen (secondary N) is 1. The molecule has 0 aromatic heterocycles. The van der Waals surface area contributed by atoms with Gasteiger partial charge in [0.1, 0.15) is 12.6 Å². The van der Waals surface area contributed by atoms with Crippen LogP contribution in [0.4, 0.5) is 5.69 Å². The first-order valence-corrected chi connectivity index (χ1v) is 14.9. The van der Waals surface area contributed by atoms with E-state index in [-0.39, 0.29) is 23.4 Å². The van der Waals surface area contributed by atoms with Crippen molar-refractivity contribution in [3.63, 3.8) is 0 Å². The van der Waals surface area contributed by atoms with Gasteiger partial charge in [-0.05, 0) is 62.1 Å². The first kappa shape index (κ1) is 30.2. The second kappa shape index (κ2) is 13.6. The molecule has 0 radical (unpaired) electrons. The summed E-state index contributed by atoms with van der Waals surface area (Å²) in [5.41, 5.74) is 1.75. The molecule has 0 aliphatic carbocycles. The highest BCUT2D eigenvalue weighted by atomic mass is 35.5. The number of amides is 2. The number of sulfonamides is 1. The Morgan fingerprint density at radius 1 is 0.897 bits per heavy atom. The molecule has 0 spiro atoms. The van der Waals surface area contributed by atoms with Crippen molar-refractivity contribution in [2.45, 2.75) is 64.1 Å². The fraction of sp³-hybridized carbons (Fsp3) is 0.333. The number of benzene rings is 3. The Bertz CT molecular complexity index is 1380. The molecule has 9 heteroatoms. The van der Waals surface area contributed by atoms with Crippen molar-refractivity contribution in [2.24, 2.45) is 0 Å². The summed E-state index contributed by atoms with van der Waals surface area (Å²) in [6, 6.07) is 21.2. The monoisotopic (exact) mass is 569 g/mol. The highest BCUT2D eigenvalue weighted by Gasteiger charge is 2.34. The van der Waals surface area contributed by atoms with Crippen molar-refractivity contribution >= 4 is 39.1 Å². The van der Waals surface area contributed by atoms with E-state index in [1.807, 2.05) is 32.9 Å². The second-order valence-electron chi connectivity index (χ2n) is 9.47. The fourth-order valence-electron chi connectivity index (χ4n) is 4.25. The highest BCUT2D eigenvalue weighted by Crippen LogP contribution is 2.28. The number of carbonyl (C=O) groups is 2.